The van der Waals surface area contributed by atoms with E-state index in [9.17, 15) is 13.9 Å². The monoisotopic (exact) mass is 337 g/mol. The zero-order chi connectivity index (χ0) is 14.6. The zero-order valence-corrected chi connectivity index (χ0v) is 12.7. The van der Waals surface area contributed by atoms with Crippen LogP contribution in [-0.4, -0.2) is 29.9 Å². The number of benzene rings is 1. The number of aliphatic hydroxyl groups excluding tert-OH is 1. The maximum Gasteiger partial charge on any atom is 0.190 e. The van der Waals surface area contributed by atoms with Crippen molar-refractivity contribution in [3.8, 4) is 5.75 Å². The van der Waals surface area contributed by atoms with E-state index in [2.05, 4.69) is 21.2 Å². The molecule has 0 amide bonds. The molecular formula is C13H18BrF2NO2. The minimum absolute atomic E-state index is 0.144. The molecule has 0 unspecified atom stereocenters. The number of nitrogens with one attached hydrogen (secondary N) is 1. The van der Waals surface area contributed by atoms with Crippen molar-refractivity contribution in [1.82, 2.24) is 5.32 Å². The lowest BCUT2D eigenvalue weighted by Gasteiger charge is -2.23. The molecule has 0 fully saturated rings. The lowest BCUT2D eigenvalue weighted by Crippen LogP contribution is -2.42. The van der Waals surface area contributed by atoms with Gasteiger partial charge in [-0.3, -0.25) is 0 Å². The van der Waals surface area contributed by atoms with Gasteiger partial charge in [-0.25, -0.2) is 8.78 Å². The third-order valence-corrected chi connectivity index (χ3v) is 2.71. The predicted molar refractivity (Wildman–Crippen MR) is 73.3 cm³/mol. The lowest BCUT2D eigenvalue weighted by atomic mass is 10.1. The summed E-state index contributed by atoms with van der Waals surface area (Å²) in [6.45, 7) is 5.96. The van der Waals surface area contributed by atoms with E-state index in [-0.39, 0.29) is 18.7 Å². The first-order valence-corrected chi connectivity index (χ1v) is 6.69. The molecule has 1 aromatic carbocycles. The third-order valence-electron chi connectivity index (χ3n) is 2.25. The van der Waals surface area contributed by atoms with Gasteiger partial charge in [0.2, 0.25) is 0 Å². The molecule has 6 heteroatoms. The van der Waals surface area contributed by atoms with Gasteiger partial charge in [-0.15, -0.1) is 0 Å². The van der Waals surface area contributed by atoms with Crippen molar-refractivity contribution >= 4 is 15.9 Å². The zero-order valence-electron chi connectivity index (χ0n) is 11.1. The van der Waals surface area contributed by atoms with Gasteiger partial charge in [0.1, 0.15) is 12.7 Å². The maximum atomic E-state index is 13.4. The molecule has 0 bridgehead atoms. The molecular weight excluding hydrogens is 320 g/mol. The largest absolute Gasteiger partial charge is 0.485 e. The molecule has 3 nitrogen and oxygen atoms in total. The van der Waals surface area contributed by atoms with Crippen molar-refractivity contribution in [3.05, 3.63) is 28.2 Å². The fourth-order valence-corrected chi connectivity index (χ4v) is 1.73. The number of hydrogen-bond acceptors (Lipinski definition) is 3. The third kappa shape index (κ3) is 5.84. The number of rotatable bonds is 5. The van der Waals surface area contributed by atoms with Crippen molar-refractivity contribution in [2.45, 2.75) is 32.4 Å². The minimum Gasteiger partial charge on any atom is -0.485 e. The molecule has 0 aromatic heterocycles. The Morgan fingerprint density at radius 3 is 2.32 bits per heavy atom. The Morgan fingerprint density at radius 2 is 1.84 bits per heavy atom. The summed E-state index contributed by atoms with van der Waals surface area (Å²) < 4.78 is 32.2. The van der Waals surface area contributed by atoms with Crippen LogP contribution >= 0.6 is 15.9 Å². The SMILES string of the molecule is CC(C)(C)NC[C@@H](O)COc1c(F)cc(Br)cc1F. The van der Waals surface area contributed by atoms with Crippen LogP contribution in [0.5, 0.6) is 5.75 Å². The van der Waals surface area contributed by atoms with Gasteiger partial charge >= 0.3 is 0 Å². The molecule has 0 radical (unpaired) electrons. The normalized spacial score (nSPS) is 13.4. The van der Waals surface area contributed by atoms with E-state index in [1.807, 2.05) is 20.8 Å². The van der Waals surface area contributed by atoms with Gasteiger partial charge < -0.3 is 15.2 Å². The van der Waals surface area contributed by atoms with Gasteiger partial charge in [0.15, 0.2) is 17.4 Å². The fourth-order valence-electron chi connectivity index (χ4n) is 1.33. The minimum atomic E-state index is -0.846. The lowest BCUT2D eigenvalue weighted by molar-refractivity contribution is 0.0957. The highest BCUT2D eigenvalue weighted by Gasteiger charge is 2.16. The summed E-state index contributed by atoms with van der Waals surface area (Å²) in [5.74, 6) is -2.08. The summed E-state index contributed by atoms with van der Waals surface area (Å²) in [7, 11) is 0. The molecule has 0 aliphatic rings. The quantitative estimate of drug-likeness (QED) is 0.868. The number of ether oxygens (including phenoxy) is 1. The molecule has 108 valence electrons. The summed E-state index contributed by atoms with van der Waals surface area (Å²) in [4.78, 5) is 0. The summed E-state index contributed by atoms with van der Waals surface area (Å²) >= 11 is 2.98. The molecule has 1 rings (SSSR count). The number of β-amino-alcohol motifs (C(OH)–C–C–N with tert-alkyl or cyclic N) is 1. The van der Waals surface area contributed by atoms with Gasteiger partial charge in [0.25, 0.3) is 0 Å². The van der Waals surface area contributed by atoms with Crippen molar-refractivity contribution in [2.75, 3.05) is 13.2 Å². The van der Waals surface area contributed by atoms with Crippen molar-refractivity contribution in [2.24, 2.45) is 0 Å². The van der Waals surface area contributed by atoms with Crippen LogP contribution in [0.3, 0.4) is 0 Å². The average molecular weight is 338 g/mol. The van der Waals surface area contributed by atoms with Crippen molar-refractivity contribution in [1.29, 1.82) is 0 Å². The Kier molecular flexibility index (Phi) is 5.70. The fraction of sp³-hybridized carbons (Fsp3) is 0.538. The van der Waals surface area contributed by atoms with E-state index in [1.165, 1.54) is 0 Å². The van der Waals surface area contributed by atoms with Crippen LogP contribution in [0.15, 0.2) is 16.6 Å². The van der Waals surface area contributed by atoms with E-state index in [1.54, 1.807) is 0 Å². The summed E-state index contributed by atoms with van der Waals surface area (Å²) in [6, 6.07) is 2.22. The Balaban J connectivity index is 2.53. The molecule has 2 N–H and O–H groups in total. The Labute approximate surface area is 120 Å². The van der Waals surface area contributed by atoms with Gasteiger partial charge in [0.05, 0.1) is 0 Å². The first-order chi connectivity index (χ1) is 8.69. The second kappa shape index (κ2) is 6.63. The molecule has 0 heterocycles. The molecule has 0 aliphatic carbocycles. The van der Waals surface area contributed by atoms with Gasteiger partial charge in [-0.05, 0) is 32.9 Å². The smallest absolute Gasteiger partial charge is 0.190 e. The summed E-state index contributed by atoms with van der Waals surface area (Å²) in [6.07, 6.45) is -0.846. The van der Waals surface area contributed by atoms with Crippen LogP contribution < -0.4 is 10.1 Å². The van der Waals surface area contributed by atoms with E-state index in [0.717, 1.165) is 12.1 Å². The van der Waals surface area contributed by atoms with E-state index in [0.29, 0.717) is 4.47 Å². The van der Waals surface area contributed by atoms with Gasteiger partial charge in [0, 0.05) is 16.6 Å². The molecule has 19 heavy (non-hydrogen) atoms. The van der Waals surface area contributed by atoms with Crippen LogP contribution in [0.2, 0.25) is 0 Å². The maximum absolute atomic E-state index is 13.4. The van der Waals surface area contributed by atoms with Gasteiger partial charge in [-0.2, -0.15) is 0 Å². The topological polar surface area (TPSA) is 41.5 Å². The van der Waals surface area contributed by atoms with Crippen molar-refractivity contribution < 1.29 is 18.6 Å². The van der Waals surface area contributed by atoms with Crippen molar-refractivity contribution in [3.63, 3.8) is 0 Å². The Bertz CT molecular complexity index is 412. The molecule has 0 spiro atoms. The van der Waals surface area contributed by atoms with Crippen LogP contribution in [0.4, 0.5) is 8.78 Å². The molecule has 0 aliphatic heterocycles. The van der Waals surface area contributed by atoms with E-state index in [4.69, 9.17) is 4.74 Å². The van der Waals surface area contributed by atoms with Gasteiger partial charge in [-0.1, -0.05) is 15.9 Å². The van der Waals surface area contributed by atoms with E-state index >= 15 is 0 Å². The molecule has 1 atom stereocenters. The number of aliphatic hydroxyl groups is 1. The van der Waals surface area contributed by atoms with E-state index < -0.39 is 23.5 Å². The van der Waals surface area contributed by atoms with Crippen LogP contribution in [0.25, 0.3) is 0 Å². The van der Waals surface area contributed by atoms with Crippen LogP contribution in [0, 0.1) is 11.6 Å². The Hall–Kier alpha value is -0.720. The molecule has 0 saturated carbocycles. The highest BCUT2D eigenvalue weighted by atomic mass is 79.9. The standard InChI is InChI=1S/C13H18BrF2NO2/c1-13(2,3)17-6-9(18)7-19-12-10(15)4-8(14)5-11(12)16/h4-5,9,17-18H,6-7H2,1-3H3/t9-/m1/s1. The van der Waals surface area contributed by atoms with Crippen LogP contribution in [-0.2, 0) is 0 Å². The van der Waals surface area contributed by atoms with Crippen LogP contribution in [0.1, 0.15) is 20.8 Å². The predicted octanol–water partition coefficient (Wildman–Crippen LogP) is 2.86. The first-order valence-electron chi connectivity index (χ1n) is 5.89. The number of halogens is 3. The summed E-state index contributed by atoms with van der Waals surface area (Å²) in [5.41, 5.74) is -0.144. The molecule has 1 aromatic rings. The highest BCUT2D eigenvalue weighted by molar-refractivity contribution is 9.10. The summed E-state index contributed by atoms with van der Waals surface area (Å²) in [5, 5.41) is 12.7. The first kappa shape index (κ1) is 16.3. The second-order valence-corrected chi connectivity index (χ2v) is 6.21. The number of hydrogen-bond donors (Lipinski definition) is 2. The highest BCUT2D eigenvalue weighted by Crippen LogP contribution is 2.25. The Morgan fingerprint density at radius 1 is 1.32 bits per heavy atom. The molecule has 0 saturated heterocycles. The second-order valence-electron chi connectivity index (χ2n) is 5.29. The average Bonchev–Trinajstić information content (AvgIpc) is 2.23.